The molecule has 2 rings (SSSR count). The number of rotatable bonds is 4. The average Bonchev–Trinajstić information content (AvgIpc) is 2.82. The van der Waals surface area contributed by atoms with Gasteiger partial charge in [0, 0.05) is 26.1 Å². The van der Waals surface area contributed by atoms with Crippen molar-refractivity contribution in [2.45, 2.75) is 20.3 Å². The Labute approximate surface area is 122 Å². The minimum atomic E-state index is -0.792. The van der Waals surface area contributed by atoms with Crippen LogP contribution in [0, 0.1) is 17.6 Å². The van der Waals surface area contributed by atoms with Gasteiger partial charge in [-0.05, 0) is 26.0 Å². The maximum Gasteiger partial charge on any atom is 0.228 e. The van der Waals surface area contributed by atoms with Crippen molar-refractivity contribution in [3.8, 4) is 0 Å². The summed E-state index contributed by atoms with van der Waals surface area (Å²) < 4.78 is 27.5. The number of carbonyl (C=O) groups is 2. The van der Waals surface area contributed by atoms with E-state index in [0.29, 0.717) is 13.1 Å². The Morgan fingerprint density at radius 2 is 1.86 bits per heavy atom. The fourth-order valence-corrected chi connectivity index (χ4v) is 2.63. The van der Waals surface area contributed by atoms with Crippen LogP contribution in [0.25, 0.3) is 0 Å². The van der Waals surface area contributed by atoms with Crippen LogP contribution in [0.4, 0.5) is 14.5 Å². The zero-order valence-electron chi connectivity index (χ0n) is 12.1. The van der Waals surface area contributed by atoms with Gasteiger partial charge in [0.2, 0.25) is 11.8 Å². The van der Waals surface area contributed by atoms with E-state index in [4.69, 9.17) is 0 Å². The molecule has 0 aliphatic carbocycles. The molecule has 1 aliphatic heterocycles. The first-order chi connectivity index (χ1) is 9.99. The second-order valence-electron chi connectivity index (χ2n) is 4.99. The molecular weight excluding hydrogens is 278 g/mol. The molecule has 6 heteroatoms. The van der Waals surface area contributed by atoms with Crippen molar-refractivity contribution in [1.29, 1.82) is 0 Å². The van der Waals surface area contributed by atoms with Crippen LogP contribution in [0.3, 0.4) is 0 Å². The highest BCUT2D eigenvalue weighted by atomic mass is 19.1. The quantitative estimate of drug-likeness (QED) is 0.854. The summed E-state index contributed by atoms with van der Waals surface area (Å²) >= 11 is 0. The molecule has 1 fully saturated rings. The normalized spacial score (nSPS) is 18.2. The van der Waals surface area contributed by atoms with Gasteiger partial charge in [-0.2, -0.15) is 0 Å². The fraction of sp³-hybridized carbons (Fsp3) is 0.467. The molecule has 1 unspecified atom stereocenters. The van der Waals surface area contributed by atoms with Gasteiger partial charge in [-0.15, -0.1) is 0 Å². The summed E-state index contributed by atoms with van der Waals surface area (Å²) in [6.07, 6.45) is -0.0108. The van der Waals surface area contributed by atoms with E-state index in [2.05, 4.69) is 0 Å². The van der Waals surface area contributed by atoms with E-state index < -0.39 is 23.5 Å². The Hall–Kier alpha value is -1.98. The number of halogens is 2. The van der Waals surface area contributed by atoms with Crippen LogP contribution in [-0.4, -0.2) is 36.3 Å². The second-order valence-corrected chi connectivity index (χ2v) is 4.99. The largest absolute Gasteiger partial charge is 0.343 e. The number of hydrogen-bond donors (Lipinski definition) is 0. The molecule has 1 aromatic carbocycles. The van der Waals surface area contributed by atoms with Gasteiger partial charge in [-0.1, -0.05) is 6.07 Å². The number of hydrogen-bond acceptors (Lipinski definition) is 2. The van der Waals surface area contributed by atoms with Crippen molar-refractivity contribution in [1.82, 2.24) is 4.90 Å². The molecule has 1 aromatic rings. The minimum absolute atomic E-state index is 0.0108. The lowest BCUT2D eigenvalue weighted by atomic mass is 10.1. The molecule has 114 valence electrons. The highest BCUT2D eigenvalue weighted by molar-refractivity contribution is 6.00. The molecule has 1 aliphatic rings. The third-order valence-electron chi connectivity index (χ3n) is 3.76. The first-order valence-electron chi connectivity index (χ1n) is 7.02. The lowest BCUT2D eigenvalue weighted by molar-refractivity contribution is -0.135. The van der Waals surface area contributed by atoms with E-state index in [0.717, 1.165) is 17.0 Å². The monoisotopic (exact) mass is 296 g/mol. The Kier molecular flexibility index (Phi) is 4.55. The predicted molar refractivity (Wildman–Crippen MR) is 74.7 cm³/mol. The summed E-state index contributed by atoms with van der Waals surface area (Å²) in [4.78, 5) is 26.9. The van der Waals surface area contributed by atoms with E-state index in [1.807, 2.05) is 13.8 Å². The molecule has 0 radical (unpaired) electrons. The number of carbonyl (C=O) groups excluding carboxylic acids is 2. The van der Waals surface area contributed by atoms with Crippen molar-refractivity contribution in [3.05, 3.63) is 29.8 Å². The van der Waals surface area contributed by atoms with E-state index in [1.165, 1.54) is 6.07 Å². The first kappa shape index (κ1) is 15.4. The van der Waals surface area contributed by atoms with E-state index in [1.54, 1.807) is 4.90 Å². The van der Waals surface area contributed by atoms with Crippen LogP contribution in [0.15, 0.2) is 18.2 Å². The molecule has 0 N–H and O–H groups in total. The van der Waals surface area contributed by atoms with Crippen LogP contribution >= 0.6 is 0 Å². The lowest BCUT2D eigenvalue weighted by Gasteiger charge is -2.23. The zero-order chi connectivity index (χ0) is 15.6. The molecule has 1 heterocycles. The van der Waals surface area contributed by atoms with Crippen LogP contribution in [0.2, 0.25) is 0 Å². The molecule has 1 saturated heterocycles. The zero-order valence-corrected chi connectivity index (χ0v) is 12.1. The Morgan fingerprint density at radius 1 is 1.29 bits per heavy atom. The number of anilines is 1. The van der Waals surface area contributed by atoms with Crippen molar-refractivity contribution < 1.29 is 18.4 Å². The third kappa shape index (κ3) is 2.89. The van der Waals surface area contributed by atoms with Crippen LogP contribution in [0.5, 0.6) is 0 Å². The van der Waals surface area contributed by atoms with Gasteiger partial charge in [0.1, 0.15) is 17.3 Å². The molecule has 0 saturated carbocycles. The summed E-state index contributed by atoms with van der Waals surface area (Å²) in [6, 6.07) is 3.45. The van der Waals surface area contributed by atoms with Gasteiger partial charge in [-0.25, -0.2) is 8.78 Å². The number of nitrogens with zero attached hydrogens (tertiary/aromatic N) is 2. The highest BCUT2D eigenvalue weighted by Crippen LogP contribution is 2.30. The van der Waals surface area contributed by atoms with Gasteiger partial charge in [0.05, 0.1) is 5.92 Å². The van der Waals surface area contributed by atoms with Crippen LogP contribution in [-0.2, 0) is 9.59 Å². The smallest absolute Gasteiger partial charge is 0.228 e. The maximum absolute atomic E-state index is 13.8. The van der Waals surface area contributed by atoms with Crippen molar-refractivity contribution in [2.24, 2.45) is 5.92 Å². The summed E-state index contributed by atoms with van der Waals surface area (Å²) in [7, 11) is 0. The summed E-state index contributed by atoms with van der Waals surface area (Å²) in [5.74, 6) is -2.70. The molecule has 21 heavy (non-hydrogen) atoms. The van der Waals surface area contributed by atoms with Gasteiger partial charge in [0.25, 0.3) is 0 Å². The molecule has 0 bridgehead atoms. The van der Waals surface area contributed by atoms with E-state index >= 15 is 0 Å². The third-order valence-corrected chi connectivity index (χ3v) is 3.76. The average molecular weight is 296 g/mol. The number of benzene rings is 1. The molecular formula is C15H18F2N2O2. The number of para-hydroxylation sites is 1. The molecule has 0 spiro atoms. The Morgan fingerprint density at radius 3 is 2.38 bits per heavy atom. The van der Waals surface area contributed by atoms with Crippen LogP contribution < -0.4 is 4.90 Å². The van der Waals surface area contributed by atoms with Gasteiger partial charge >= 0.3 is 0 Å². The van der Waals surface area contributed by atoms with Gasteiger partial charge < -0.3 is 9.80 Å². The van der Waals surface area contributed by atoms with Gasteiger partial charge in [-0.3, -0.25) is 9.59 Å². The Bertz CT molecular complexity index is 538. The SMILES string of the molecule is CCN(CC)C(=O)C1CC(=O)N(c2c(F)cccc2F)C1. The second kappa shape index (κ2) is 6.20. The summed E-state index contributed by atoms with van der Waals surface area (Å²) in [6.45, 7) is 4.83. The Balaban J connectivity index is 2.22. The topological polar surface area (TPSA) is 40.6 Å². The molecule has 1 atom stereocenters. The maximum atomic E-state index is 13.8. The molecule has 0 aromatic heterocycles. The van der Waals surface area contributed by atoms with Crippen molar-refractivity contribution in [2.75, 3.05) is 24.5 Å². The predicted octanol–water partition coefficient (Wildman–Crippen LogP) is 2.19. The van der Waals surface area contributed by atoms with Crippen LogP contribution in [0.1, 0.15) is 20.3 Å². The van der Waals surface area contributed by atoms with Gasteiger partial charge in [0.15, 0.2) is 0 Å². The molecule has 4 nitrogen and oxygen atoms in total. The van der Waals surface area contributed by atoms with Crippen molar-refractivity contribution in [3.63, 3.8) is 0 Å². The molecule has 2 amide bonds. The first-order valence-corrected chi connectivity index (χ1v) is 7.02. The van der Waals surface area contributed by atoms with E-state index in [-0.39, 0.29) is 24.6 Å². The summed E-state index contributed by atoms with van der Waals surface area (Å²) in [5.41, 5.74) is -0.364. The standard InChI is InChI=1S/C15H18F2N2O2/c1-3-18(4-2)15(21)10-8-13(20)19(9-10)14-11(16)6-5-7-12(14)17/h5-7,10H,3-4,8-9H2,1-2H3. The lowest BCUT2D eigenvalue weighted by Crippen LogP contribution is -2.37. The number of amides is 2. The minimum Gasteiger partial charge on any atom is -0.343 e. The fourth-order valence-electron chi connectivity index (χ4n) is 2.63. The van der Waals surface area contributed by atoms with E-state index in [9.17, 15) is 18.4 Å². The highest BCUT2D eigenvalue weighted by Gasteiger charge is 2.38. The van der Waals surface area contributed by atoms with Crippen molar-refractivity contribution >= 4 is 17.5 Å². The summed E-state index contributed by atoms with van der Waals surface area (Å²) in [5, 5.41) is 0.